The molecule has 142 valence electrons. The molecule has 3 aromatic rings. The Morgan fingerprint density at radius 2 is 2.00 bits per heavy atom. The van der Waals surface area contributed by atoms with Gasteiger partial charge in [0.05, 0.1) is 12.7 Å². The highest BCUT2D eigenvalue weighted by Crippen LogP contribution is 2.21. The maximum Gasteiger partial charge on any atom is 0.319 e. The van der Waals surface area contributed by atoms with Gasteiger partial charge in [0.15, 0.2) is 11.7 Å². The van der Waals surface area contributed by atoms with E-state index in [0.717, 1.165) is 15.7 Å². The lowest BCUT2D eigenvalue weighted by atomic mass is 10.1. The normalized spacial score (nSPS) is 11.1. The Labute approximate surface area is 155 Å². The molecule has 1 aromatic carbocycles. The third-order valence-corrected chi connectivity index (χ3v) is 4.21. The number of aryl methyl sites for hydroxylation is 2. The van der Waals surface area contributed by atoms with Gasteiger partial charge in [0.25, 0.3) is 0 Å². The number of aromatic nitrogens is 3. The molecule has 2 aromatic heterocycles. The fourth-order valence-electron chi connectivity index (χ4n) is 2.63. The van der Waals surface area contributed by atoms with Crippen molar-refractivity contribution in [3.63, 3.8) is 0 Å². The van der Waals surface area contributed by atoms with Crippen LogP contribution in [0.1, 0.15) is 30.2 Å². The predicted molar refractivity (Wildman–Crippen MR) is 95.0 cm³/mol. The van der Waals surface area contributed by atoms with Crippen LogP contribution in [0.25, 0.3) is 11.3 Å². The second-order valence-electron chi connectivity index (χ2n) is 6.26. The summed E-state index contributed by atoms with van der Waals surface area (Å²) in [4.78, 5) is 21.7. The summed E-state index contributed by atoms with van der Waals surface area (Å²) >= 11 is 0. The van der Waals surface area contributed by atoms with E-state index < -0.39 is 6.55 Å². The number of benzene rings is 1. The van der Waals surface area contributed by atoms with Crippen LogP contribution in [-0.2, 0) is 17.8 Å². The van der Waals surface area contributed by atoms with Crippen LogP contribution in [-0.4, -0.2) is 32.4 Å². The third-order valence-electron chi connectivity index (χ3n) is 4.21. The third kappa shape index (κ3) is 4.58. The second kappa shape index (κ2) is 8.11. The van der Waals surface area contributed by atoms with Crippen molar-refractivity contribution in [3.8, 4) is 11.3 Å². The first-order valence-electron chi connectivity index (χ1n) is 8.49. The molecular weight excluding hydrogens is 354 g/mol. The van der Waals surface area contributed by atoms with Crippen molar-refractivity contribution in [2.24, 2.45) is 0 Å². The monoisotopic (exact) mass is 374 g/mol. The minimum absolute atomic E-state index is 0.0103. The summed E-state index contributed by atoms with van der Waals surface area (Å²) in [7, 11) is 1.56. The minimum Gasteiger partial charge on any atom is -0.441 e. The molecular formula is C19H20F2N4O2. The van der Waals surface area contributed by atoms with E-state index in [1.165, 1.54) is 17.3 Å². The standard InChI is InChI=1S/C19H20F2N4O2/c1-13-3-5-14(6-4-13)15-11-23-17(27-15)7-8-18(26)24(2)12-16-22-9-10-25(16)19(20)21/h3-6,9-11,19H,7-8,12H2,1-2H3. The summed E-state index contributed by atoms with van der Waals surface area (Å²) in [6.07, 6.45) is 4.61. The van der Waals surface area contributed by atoms with E-state index in [1.807, 2.05) is 31.2 Å². The SMILES string of the molecule is Cc1ccc(-c2cnc(CCC(=O)N(C)Cc3nccn3C(F)F)o2)cc1. The van der Waals surface area contributed by atoms with Crippen molar-refractivity contribution in [1.29, 1.82) is 0 Å². The molecule has 0 saturated carbocycles. The van der Waals surface area contributed by atoms with Crippen molar-refractivity contribution in [1.82, 2.24) is 19.4 Å². The van der Waals surface area contributed by atoms with E-state index >= 15 is 0 Å². The van der Waals surface area contributed by atoms with E-state index in [-0.39, 0.29) is 24.7 Å². The molecule has 2 heterocycles. The summed E-state index contributed by atoms with van der Waals surface area (Å²) in [5.41, 5.74) is 2.07. The van der Waals surface area contributed by atoms with Gasteiger partial charge in [0, 0.05) is 37.8 Å². The fourth-order valence-corrected chi connectivity index (χ4v) is 2.63. The van der Waals surface area contributed by atoms with Crippen molar-refractivity contribution in [3.05, 3.63) is 60.1 Å². The molecule has 1 amide bonds. The highest BCUT2D eigenvalue weighted by molar-refractivity contribution is 5.76. The lowest BCUT2D eigenvalue weighted by Gasteiger charge is -2.17. The first-order chi connectivity index (χ1) is 12.9. The first kappa shape index (κ1) is 18.8. The van der Waals surface area contributed by atoms with Gasteiger partial charge in [-0.2, -0.15) is 8.78 Å². The number of rotatable bonds is 7. The molecule has 3 rings (SSSR count). The predicted octanol–water partition coefficient (Wildman–Crippen LogP) is 3.83. The van der Waals surface area contributed by atoms with E-state index in [9.17, 15) is 13.6 Å². The quantitative estimate of drug-likeness (QED) is 0.630. The summed E-state index contributed by atoms with van der Waals surface area (Å²) in [5, 5.41) is 0. The van der Waals surface area contributed by atoms with Gasteiger partial charge in [-0.05, 0) is 6.92 Å². The van der Waals surface area contributed by atoms with Crippen molar-refractivity contribution in [2.45, 2.75) is 32.9 Å². The highest BCUT2D eigenvalue weighted by atomic mass is 19.3. The zero-order chi connectivity index (χ0) is 19.4. The van der Waals surface area contributed by atoms with Crippen molar-refractivity contribution in [2.75, 3.05) is 7.05 Å². The largest absolute Gasteiger partial charge is 0.441 e. The molecule has 0 N–H and O–H groups in total. The van der Waals surface area contributed by atoms with E-state index in [4.69, 9.17) is 4.42 Å². The Bertz CT molecular complexity index is 903. The van der Waals surface area contributed by atoms with Gasteiger partial charge in [-0.25, -0.2) is 9.97 Å². The van der Waals surface area contributed by atoms with Crippen LogP contribution < -0.4 is 0 Å². The van der Waals surface area contributed by atoms with Crippen LogP contribution in [0.15, 0.2) is 47.3 Å². The van der Waals surface area contributed by atoms with Gasteiger partial charge in [-0.15, -0.1) is 0 Å². The van der Waals surface area contributed by atoms with Gasteiger partial charge in [0.2, 0.25) is 5.91 Å². The molecule has 0 saturated heterocycles. The Morgan fingerprint density at radius 3 is 2.70 bits per heavy atom. The Kier molecular flexibility index (Phi) is 5.63. The molecule has 0 aliphatic carbocycles. The Hall–Kier alpha value is -3.03. The van der Waals surface area contributed by atoms with Crippen LogP contribution in [0, 0.1) is 6.92 Å². The number of carbonyl (C=O) groups is 1. The number of carbonyl (C=O) groups excluding carboxylic acids is 1. The van der Waals surface area contributed by atoms with E-state index in [2.05, 4.69) is 9.97 Å². The molecule has 0 aliphatic rings. The van der Waals surface area contributed by atoms with Gasteiger partial charge in [-0.1, -0.05) is 29.8 Å². The maximum atomic E-state index is 12.8. The molecule has 0 fully saturated rings. The highest BCUT2D eigenvalue weighted by Gasteiger charge is 2.17. The van der Waals surface area contributed by atoms with Crippen LogP contribution in [0.5, 0.6) is 0 Å². The van der Waals surface area contributed by atoms with Gasteiger partial charge in [0.1, 0.15) is 5.82 Å². The first-order valence-corrected chi connectivity index (χ1v) is 8.49. The van der Waals surface area contributed by atoms with Crippen molar-refractivity contribution >= 4 is 5.91 Å². The molecule has 0 aliphatic heterocycles. The topological polar surface area (TPSA) is 64.2 Å². The molecule has 0 unspecified atom stereocenters. The number of imidazole rings is 1. The molecule has 6 nitrogen and oxygen atoms in total. The number of nitrogens with zero attached hydrogens (tertiary/aromatic N) is 4. The molecule has 27 heavy (non-hydrogen) atoms. The Balaban J connectivity index is 1.56. The number of alkyl halides is 2. The zero-order valence-electron chi connectivity index (χ0n) is 15.1. The second-order valence-corrected chi connectivity index (χ2v) is 6.26. The van der Waals surface area contributed by atoms with Crippen LogP contribution in [0.3, 0.4) is 0 Å². The number of oxazole rings is 1. The summed E-state index contributed by atoms with van der Waals surface area (Å²) in [5.74, 6) is 1.04. The van der Waals surface area contributed by atoms with E-state index in [1.54, 1.807) is 13.2 Å². The van der Waals surface area contributed by atoms with Crippen LogP contribution in [0.2, 0.25) is 0 Å². The smallest absolute Gasteiger partial charge is 0.319 e. The zero-order valence-corrected chi connectivity index (χ0v) is 15.1. The van der Waals surface area contributed by atoms with Crippen molar-refractivity contribution < 1.29 is 18.0 Å². The molecule has 0 radical (unpaired) electrons. The lowest BCUT2D eigenvalue weighted by molar-refractivity contribution is -0.130. The minimum atomic E-state index is -2.68. The summed E-state index contributed by atoms with van der Waals surface area (Å²) in [6, 6.07) is 7.87. The van der Waals surface area contributed by atoms with Crippen LogP contribution >= 0.6 is 0 Å². The molecule has 8 heteroatoms. The van der Waals surface area contributed by atoms with Crippen LogP contribution in [0.4, 0.5) is 8.78 Å². The van der Waals surface area contributed by atoms with Gasteiger partial charge >= 0.3 is 6.55 Å². The number of amides is 1. The molecule has 0 bridgehead atoms. The lowest BCUT2D eigenvalue weighted by Crippen LogP contribution is -2.28. The number of halogens is 2. The van der Waals surface area contributed by atoms with Gasteiger partial charge in [-0.3, -0.25) is 9.36 Å². The maximum absolute atomic E-state index is 12.8. The van der Waals surface area contributed by atoms with Gasteiger partial charge < -0.3 is 9.32 Å². The molecule has 0 atom stereocenters. The van der Waals surface area contributed by atoms with E-state index in [0.29, 0.717) is 18.1 Å². The summed E-state index contributed by atoms with van der Waals surface area (Å²) < 4.78 is 32.1. The average Bonchev–Trinajstić information content (AvgIpc) is 3.29. The average molecular weight is 374 g/mol. The Morgan fingerprint density at radius 1 is 1.26 bits per heavy atom. The number of hydrogen-bond acceptors (Lipinski definition) is 4. The molecule has 0 spiro atoms. The fraction of sp³-hybridized carbons (Fsp3) is 0.316. The number of hydrogen-bond donors (Lipinski definition) is 0. The summed E-state index contributed by atoms with van der Waals surface area (Å²) in [6.45, 7) is -0.666.